The lowest BCUT2D eigenvalue weighted by molar-refractivity contribution is -0.130. The normalized spacial score (nSPS) is 14.9. The second-order valence-corrected chi connectivity index (χ2v) is 5.15. The monoisotopic (exact) mass is 274 g/mol. The van der Waals surface area contributed by atoms with Gasteiger partial charge in [0.1, 0.15) is 0 Å². The topological polar surface area (TPSA) is 49.4 Å². The summed E-state index contributed by atoms with van der Waals surface area (Å²) in [5.74, 6) is 0.291. The number of likely N-dealkylation sites (tertiary alicyclic amines) is 1. The maximum absolute atomic E-state index is 12.0. The molecule has 0 bridgehead atoms. The molecule has 108 valence electrons. The van der Waals surface area contributed by atoms with Gasteiger partial charge in [0.05, 0.1) is 6.54 Å². The highest BCUT2D eigenvalue weighted by Gasteiger charge is 2.15. The third-order valence-corrected chi connectivity index (χ3v) is 3.68. The van der Waals surface area contributed by atoms with E-state index in [1.165, 1.54) is 6.42 Å². The number of Topliss-reactive ketones (excluding diaryl/α,β-unsaturated/α-hetero) is 1. The van der Waals surface area contributed by atoms with E-state index in [1.807, 2.05) is 24.0 Å². The molecule has 0 radical (unpaired) electrons. The lowest BCUT2D eigenvalue weighted by Crippen LogP contribution is -2.39. The minimum Gasteiger partial charge on any atom is -0.376 e. The molecule has 0 saturated carbocycles. The number of nitrogens with one attached hydrogen (secondary N) is 1. The molecule has 1 aromatic carbocycles. The van der Waals surface area contributed by atoms with Gasteiger partial charge in [-0.3, -0.25) is 9.59 Å². The average molecular weight is 274 g/mol. The SMILES string of the molecule is CCC(=O)c1ccc(NCC(=O)N2CCCCC2)cc1. The number of rotatable bonds is 5. The van der Waals surface area contributed by atoms with Crippen molar-refractivity contribution in [1.29, 1.82) is 0 Å². The number of benzene rings is 1. The molecule has 4 nitrogen and oxygen atoms in total. The molecule has 1 aromatic rings. The van der Waals surface area contributed by atoms with Crippen molar-refractivity contribution >= 4 is 17.4 Å². The molecular weight excluding hydrogens is 252 g/mol. The van der Waals surface area contributed by atoms with Gasteiger partial charge in [0.25, 0.3) is 0 Å². The molecule has 20 heavy (non-hydrogen) atoms. The molecule has 0 atom stereocenters. The van der Waals surface area contributed by atoms with Crippen LogP contribution in [0.2, 0.25) is 0 Å². The Labute approximate surface area is 120 Å². The van der Waals surface area contributed by atoms with Gasteiger partial charge in [-0.15, -0.1) is 0 Å². The van der Waals surface area contributed by atoms with Crippen LogP contribution in [0.4, 0.5) is 5.69 Å². The van der Waals surface area contributed by atoms with Crippen LogP contribution < -0.4 is 5.32 Å². The molecule has 1 heterocycles. The largest absolute Gasteiger partial charge is 0.376 e. The van der Waals surface area contributed by atoms with Gasteiger partial charge in [-0.2, -0.15) is 0 Å². The molecule has 1 fully saturated rings. The van der Waals surface area contributed by atoms with Crippen molar-refractivity contribution in [2.45, 2.75) is 32.6 Å². The summed E-state index contributed by atoms with van der Waals surface area (Å²) in [5.41, 5.74) is 1.60. The van der Waals surface area contributed by atoms with Gasteiger partial charge in [-0.1, -0.05) is 6.92 Å². The van der Waals surface area contributed by atoms with Crippen LogP contribution in [0.1, 0.15) is 43.0 Å². The Morgan fingerprint density at radius 2 is 1.75 bits per heavy atom. The fraction of sp³-hybridized carbons (Fsp3) is 0.500. The van der Waals surface area contributed by atoms with Crippen molar-refractivity contribution in [3.8, 4) is 0 Å². The van der Waals surface area contributed by atoms with Gasteiger partial charge in [0.15, 0.2) is 5.78 Å². The van der Waals surface area contributed by atoms with Gasteiger partial charge in [0, 0.05) is 30.8 Å². The van der Waals surface area contributed by atoms with Gasteiger partial charge < -0.3 is 10.2 Å². The summed E-state index contributed by atoms with van der Waals surface area (Å²) in [6, 6.07) is 7.32. The van der Waals surface area contributed by atoms with Gasteiger partial charge in [0.2, 0.25) is 5.91 Å². The number of amides is 1. The molecule has 1 amide bonds. The summed E-state index contributed by atoms with van der Waals surface area (Å²) in [6.45, 7) is 3.93. The van der Waals surface area contributed by atoms with E-state index in [0.29, 0.717) is 13.0 Å². The van der Waals surface area contributed by atoms with Crippen LogP contribution >= 0.6 is 0 Å². The van der Waals surface area contributed by atoms with E-state index in [-0.39, 0.29) is 11.7 Å². The Kier molecular flexibility index (Phi) is 5.16. The predicted molar refractivity (Wildman–Crippen MR) is 80.0 cm³/mol. The van der Waals surface area contributed by atoms with E-state index < -0.39 is 0 Å². The van der Waals surface area contributed by atoms with Crippen LogP contribution in [0.5, 0.6) is 0 Å². The first kappa shape index (κ1) is 14.6. The Morgan fingerprint density at radius 3 is 2.35 bits per heavy atom. The highest BCUT2D eigenvalue weighted by Crippen LogP contribution is 2.12. The smallest absolute Gasteiger partial charge is 0.241 e. The second kappa shape index (κ2) is 7.08. The first-order chi connectivity index (χ1) is 9.70. The van der Waals surface area contributed by atoms with E-state index >= 15 is 0 Å². The summed E-state index contributed by atoms with van der Waals surface area (Å²) >= 11 is 0. The third-order valence-electron chi connectivity index (χ3n) is 3.68. The Bertz CT molecular complexity index is 462. The van der Waals surface area contributed by atoms with E-state index in [2.05, 4.69) is 5.32 Å². The van der Waals surface area contributed by atoms with Crippen molar-refractivity contribution in [3.63, 3.8) is 0 Å². The number of carbonyl (C=O) groups excluding carboxylic acids is 2. The zero-order chi connectivity index (χ0) is 14.4. The highest BCUT2D eigenvalue weighted by atomic mass is 16.2. The van der Waals surface area contributed by atoms with Crippen LogP contribution in [0.15, 0.2) is 24.3 Å². The molecule has 4 heteroatoms. The van der Waals surface area contributed by atoms with Gasteiger partial charge in [-0.25, -0.2) is 0 Å². The van der Waals surface area contributed by atoms with Crippen LogP contribution in [0, 0.1) is 0 Å². The molecule has 0 aliphatic carbocycles. The van der Waals surface area contributed by atoms with Crippen LogP contribution in [-0.2, 0) is 4.79 Å². The van der Waals surface area contributed by atoms with Crippen LogP contribution in [0.25, 0.3) is 0 Å². The van der Waals surface area contributed by atoms with E-state index in [0.717, 1.165) is 37.2 Å². The zero-order valence-corrected chi connectivity index (χ0v) is 12.0. The Morgan fingerprint density at radius 1 is 1.10 bits per heavy atom. The molecule has 1 saturated heterocycles. The van der Waals surface area contributed by atoms with E-state index in [1.54, 1.807) is 12.1 Å². The number of anilines is 1. The van der Waals surface area contributed by atoms with Crippen molar-refractivity contribution in [2.75, 3.05) is 25.0 Å². The lowest BCUT2D eigenvalue weighted by atomic mass is 10.1. The molecule has 1 N–H and O–H groups in total. The molecule has 1 aliphatic rings. The zero-order valence-electron chi connectivity index (χ0n) is 12.0. The standard InChI is InChI=1S/C16H22N2O2/c1-2-15(19)13-6-8-14(9-7-13)17-12-16(20)18-10-4-3-5-11-18/h6-9,17H,2-5,10-12H2,1H3. The Balaban J connectivity index is 1.84. The van der Waals surface area contributed by atoms with Crippen molar-refractivity contribution in [2.24, 2.45) is 0 Å². The maximum Gasteiger partial charge on any atom is 0.241 e. The summed E-state index contributed by atoms with van der Waals surface area (Å²) in [4.78, 5) is 25.4. The molecule has 0 spiro atoms. The number of piperidine rings is 1. The van der Waals surface area contributed by atoms with Crippen molar-refractivity contribution in [3.05, 3.63) is 29.8 Å². The predicted octanol–water partition coefficient (Wildman–Crippen LogP) is 2.70. The maximum atomic E-state index is 12.0. The number of hydrogen-bond donors (Lipinski definition) is 1. The molecular formula is C16H22N2O2. The third kappa shape index (κ3) is 3.83. The van der Waals surface area contributed by atoms with Crippen molar-refractivity contribution in [1.82, 2.24) is 4.90 Å². The summed E-state index contributed by atoms with van der Waals surface area (Å²) in [6.07, 6.45) is 3.96. The minimum atomic E-state index is 0.140. The summed E-state index contributed by atoms with van der Waals surface area (Å²) in [7, 11) is 0. The number of hydrogen-bond acceptors (Lipinski definition) is 3. The summed E-state index contributed by atoms with van der Waals surface area (Å²) in [5, 5.41) is 3.12. The van der Waals surface area contributed by atoms with Crippen LogP contribution in [0.3, 0.4) is 0 Å². The molecule has 2 rings (SSSR count). The Hall–Kier alpha value is -1.84. The first-order valence-corrected chi connectivity index (χ1v) is 7.35. The first-order valence-electron chi connectivity index (χ1n) is 7.35. The fourth-order valence-corrected chi connectivity index (χ4v) is 2.41. The van der Waals surface area contributed by atoms with E-state index in [9.17, 15) is 9.59 Å². The second-order valence-electron chi connectivity index (χ2n) is 5.15. The molecule has 0 aromatic heterocycles. The number of carbonyl (C=O) groups is 2. The molecule has 1 aliphatic heterocycles. The summed E-state index contributed by atoms with van der Waals surface area (Å²) < 4.78 is 0. The average Bonchev–Trinajstić information content (AvgIpc) is 2.53. The number of ketones is 1. The van der Waals surface area contributed by atoms with Gasteiger partial charge in [-0.05, 0) is 43.5 Å². The minimum absolute atomic E-state index is 0.140. The van der Waals surface area contributed by atoms with Crippen LogP contribution in [-0.4, -0.2) is 36.2 Å². The number of nitrogens with zero attached hydrogens (tertiary/aromatic N) is 1. The quantitative estimate of drug-likeness (QED) is 0.840. The molecule has 0 unspecified atom stereocenters. The van der Waals surface area contributed by atoms with Gasteiger partial charge >= 0.3 is 0 Å². The van der Waals surface area contributed by atoms with E-state index in [4.69, 9.17) is 0 Å². The fourth-order valence-electron chi connectivity index (χ4n) is 2.41. The lowest BCUT2D eigenvalue weighted by Gasteiger charge is -2.26. The van der Waals surface area contributed by atoms with Crippen molar-refractivity contribution < 1.29 is 9.59 Å². The highest BCUT2D eigenvalue weighted by molar-refractivity contribution is 5.96.